The highest BCUT2D eigenvalue weighted by Crippen LogP contribution is 2.30. The average Bonchev–Trinajstić information content (AvgIpc) is 3.41. The highest BCUT2D eigenvalue weighted by molar-refractivity contribution is 7.90. The Kier molecular flexibility index (Phi) is 7.25. The van der Waals surface area contributed by atoms with Crippen molar-refractivity contribution >= 4 is 27.7 Å². The highest BCUT2D eigenvalue weighted by Gasteiger charge is 2.43. The molecule has 0 aromatic heterocycles. The Morgan fingerprint density at radius 3 is 2.40 bits per heavy atom. The molecule has 0 spiro atoms. The largest absolute Gasteiger partial charge is 0.352 e. The molecule has 1 aliphatic heterocycles. The maximum Gasteiger partial charge on any atom is 0.269 e. The number of fused-ring (bicyclic) bond motifs is 1. The van der Waals surface area contributed by atoms with E-state index in [1.807, 2.05) is 38.1 Å². The van der Waals surface area contributed by atoms with Gasteiger partial charge in [0.25, 0.3) is 15.9 Å². The van der Waals surface area contributed by atoms with Crippen molar-refractivity contribution in [3.8, 4) is 0 Å². The van der Waals surface area contributed by atoms with Crippen LogP contribution in [-0.4, -0.2) is 54.0 Å². The summed E-state index contributed by atoms with van der Waals surface area (Å²) in [5, 5.41) is 3.07. The molecule has 2 aliphatic rings. The van der Waals surface area contributed by atoms with Gasteiger partial charge in [0.2, 0.25) is 11.8 Å². The van der Waals surface area contributed by atoms with Crippen molar-refractivity contribution in [3.63, 3.8) is 0 Å². The molecule has 0 radical (unpaired) electrons. The van der Waals surface area contributed by atoms with Crippen LogP contribution in [0.2, 0.25) is 0 Å². The maximum absolute atomic E-state index is 13.6. The summed E-state index contributed by atoms with van der Waals surface area (Å²) in [5.41, 5.74) is 1.86. The van der Waals surface area contributed by atoms with Crippen LogP contribution < -0.4 is 5.32 Å². The Bertz CT molecular complexity index is 1240. The molecule has 1 aliphatic carbocycles. The number of nitrogens with one attached hydrogen (secondary N) is 1. The summed E-state index contributed by atoms with van der Waals surface area (Å²) in [6.45, 7) is 3.22. The molecule has 9 heteroatoms. The highest BCUT2D eigenvalue weighted by atomic mass is 32.2. The first kappa shape index (κ1) is 24.9. The van der Waals surface area contributed by atoms with E-state index >= 15 is 0 Å². The number of sulfonamides is 1. The van der Waals surface area contributed by atoms with Gasteiger partial charge < -0.3 is 10.2 Å². The van der Waals surface area contributed by atoms with Crippen molar-refractivity contribution in [3.05, 3.63) is 65.2 Å². The first-order valence-electron chi connectivity index (χ1n) is 12.0. The van der Waals surface area contributed by atoms with Crippen molar-refractivity contribution < 1.29 is 22.8 Å². The molecule has 186 valence electrons. The average molecular weight is 498 g/mol. The maximum atomic E-state index is 13.6. The molecule has 0 bridgehead atoms. The smallest absolute Gasteiger partial charge is 0.269 e. The molecule has 0 saturated heterocycles. The predicted octanol–water partition coefficient (Wildman–Crippen LogP) is 3.01. The van der Waals surface area contributed by atoms with Gasteiger partial charge in [-0.3, -0.25) is 14.4 Å². The van der Waals surface area contributed by atoms with Gasteiger partial charge in [-0.1, -0.05) is 56.2 Å². The molecule has 1 heterocycles. The molecule has 1 N–H and O–H groups in total. The molecule has 2 aromatic carbocycles. The van der Waals surface area contributed by atoms with Crippen LogP contribution in [0.15, 0.2) is 53.4 Å². The minimum atomic E-state index is -4.14. The third kappa shape index (κ3) is 4.96. The molecule has 0 unspecified atom stereocenters. The summed E-state index contributed by atoms with van der Waals surface area (Å²) in [6, 6.07) is 12.8. The van der Waals surface area contributed by atoms with E-state index in [2.05, 4.69) is 5.32 Å². The number of amides is 3. The minimum Gasteiger partial charge on any atom is -0.352 e. The van der Waals surface area contributed by atoms with Gasteiger partial charge in [-0.25, -0.2) is 12.7 Å². The van der Waals surface area contributed by atoms with Crippen molar-refractivity contribution in [1.82, 2.24) is 14.5 Å². The molecule has 3 amide bonds. The Labute approximate surface area is 206 Å². The Hall–Kier alpha value is -3.20. The molecular weight excluding hydrogens is 466 g/mol. The normalized spacial score (nSPS) is 17.8. The zero-order valence-corrected chi connectivity index (χ0v) is 20.9. The second kappa shape index (κ2) is 10.2. The van der Waals surface area contributed by atoms with E-state index in [0.717, 1.165) is 36.8 Å². The van der Waals surface area contributed by atoms with Crippen molar-refractivity contribution in [1.29, 1.82) is 0 Å². The molecule has 8 nitrogen and oxygen atoms in total. The van der Waals surface area contributed by atoms with Crippen LogP contribution in [0, 0.1) is 6.92 Å². The van der Waals surface area contributed by atoms with Crippen molar-refractivity contribution in [2.75, 3.05) is 6.54 Å². The van der Waals surface area contributed by atoms with Crippen molar-refractivity contribution in [2.24, 2.45) is 0 Å². The Morgan fingerprint density at radius 1 is 1.09 bits per heavy atom. The molecule has 35 heavy (non-hydrogen) atoms. The molecular formula is C26H31N3O5S. The van der Waals surface area contributed by atoms with Gasteiger partial charge in [0.15, 0.2) is 0 Å². The van der Waals surface area contributed by atoms with E-state index in [-0.39, 0.29) is 29.0 Å². The van der Waals surface area contributed by atoms with Crippen LogP contribution in [0.25, 0.3) is 0 Å². The lowest BCUT2D eigenvalue weighted by molar-refractivity contribution is -0.141. The monoisotopic (exact) mass is 497 g/mol. The van der Waals surface area contributed by atoms with Crippen LogP contribution in [0.4, 0.5) is 0 Å². The number of nitrogens with zero attached hydrogens (tertiary/aromatic N) is 2. The third-order valence-corrected chi connectivity index (χ3v) is 8.67. The number of benzene rings is 2. The van der Waals surface area contributed by atoms with Gasteiger partial charge in [0.1, 0.15) is 17.5 Å². The molecule has 1 atom stereocenters. The number of hydrogen-bond donors (Lipinski definition) is 1. The topological polar surface area (TPSA) is 104 Å². The van der Waals surface area contributed by atoms with Crippen LogP contribution in [-0.2, 0) is 26.2 Å². The molecule has 4 rings (SSSR count). The number of carbonyl (C=O) groups is 3. The standard InChI is InChI=1S/C26H31N3O5S/c1-3-22(25(31)27-20-12-6-7-13-20)28(16-19-11-5-4-10-18(19)2)24(30)17-29-26(32)21-14-8-9-15-23(21)35(29,33)34/h4-5,8-11,14-15,20,22H,3,6-7,12-13,16-17H2,1-2H3,(H,27,31)/t22-/m0/s1. The predicted molar refractivity (Wildman–Crippen MR) is 131 cm³/mol. The molecule has 1 saturated carbocycles. The fourth-order valence-electron chi connectivity index (χ4n) is 4.86. The summed E-state index contributed by atoms with van der Waals surface area (Å²) < 4.78 is 26.7. The van der Waals surface area contributed by atoms with Gasteiger partial charge in [-0.15, -0.1) is 0 Å². The first-order chi connectivity index (χ1) is 16.7. The number of rotatable bonds is 8. The number of hydrogen-bond acceptors (Lipinski definition) is 5. The van der Waals surface area contributed by atoms with E-state index in [1.54, 1.807) is 12.1 Å². The van der Waals surface area contributed by atoms with Gasteiger partial charge in [-0.05, 0) is 49.4 Å². The summed E-state index contributed by atoms with van der Waals surface area (Å²) >= 11 is 0. The van der Waals surface area contributed by atoms with Crippen LogP contribution in [0.3, 0.4) is 0 Å². The van der Waals surface area contributed by atoms with Gasteiger partial charge >= 0.3 is 0 Å². The number of carbonyl (C=O) groups excluding carboxylic acids is 3. The summed E-state index contributed by atoms with van der Waals surface area (Å²) in [7, 11) is -4.14. The van der Waals surface area contributed by atoms with Crippen LogP contribution in [0.5, 0.6) is 0 Å². The molecule has 2 aromatic rings. The zero-order valence-electron chi connectivity index (χ0n) is 20.1. The summed E-state index contributed by atoms with van der Waals surface area (Å²) in [6.07, 6.45) is 4.29. The van der Waals surface area contributed by atoms with Crippen LogP contribution in [0.1, 0.15) is 60.5 Å². The SMILES string of the molecule is CC[C@@H](C(=O)NC1CCCC1)N(Cc1ccccc1C)C(=O)CN1C(=O)c2ccccc2S1(=O)=O. The van der Waals surface area contributed by atoms with Gasteiger partial charge in [0, 0.05) is 12.6 Å². The van der Waals surface area contributed by atoms with E-state index < -0.39 is 34.4 Å². The number of aryl methyl sites for hydroxylation is 1. The zero-order chi connectivity index (χ0) is 25.2. The van der Waals surface area contributed by atoms with Gasteiger partial charge in [0.05, 0.1) is 5.56 Å². The van der Waals surface area contributed by atoms with Crippen molar-refractivity contribution in [2.45, 2.75) is 69.5 Å². The van der Waals surface area contributed by atoms with E-state index in [9.17, 15) is 22.8 Å². The lowest BCUT2D eigenvalue weighted by Gasteiger charge is -2.32. The van der Waals surface area contributed by atoms with Crippen LogP contribution >= 0.6 is 0 Å². The second-order valence-corrected chi connectivity index (χ2v) is 11.0. The fourth-order valence-corrected chi connectivity index (χ4v) is 6.38. The summed E-state index contributed by atoms with van der Waals surface area (Å²) in [4.78, 5) is 41.1. The minimum absolute atomic E-state index is 0.0526. The van der Waals surface area contributed by atoms with E-state index in [1.165, 1.54) is 17.0 Å². The Morgan fingerprint density at radius 2 is 1.74 bits per heavy atom. The lowest BCUT2D eigenvalue weighted by Crippen LogP contribution is -2.53. The van der Waals surface area contributed by atoms with E-state index in [4.69, 9.17) is 0 Å². The summed E-state index contributed by atoms with van der Waals surface area (Å²) in [5.74, 6) is -1.57. The second-order valence-electron chi connectivity index (χ2n) is 9.18. The van der Waals surface area contributed by atoms with E-state index in [0.29, 0.717) is 10.7 Å². The molecule has 1 fully saturated rings. The van der Waals surface area contributed by atoms with Gasteiger partial charge in [-0.2, -0.15) is 0 Å². The Balaban J connectivity index is 1.62. The fraction of sp³-hybridized carbons (Fsp3) is 0.423. The first-order valence-corrected chi connectivity index (χ1v) is 13.5. The third-order valence-electron chi connectivity index (χ3n) is 6.88. The lowest BCUT2D eigenvalue weighted by atomic mass is 10.1. The quantitative estimate of drug-likeness (QED) is 0.604.